The van der Waals surface area contributed by atoms with Gasteiger partial charge in [-0.25, -0.2) is 9.97 Å². The lowest BCUT2D eigenvalue weighted by Gasteiger charge is -2.18. The predicted octanol–water partition coefficient (Wildman–Crippen LogP) is 3.18. The van der Waals surface area contributed by atoms with Gasteiger partial charge in [-0.2, -0.15) is 0 Å². The minimum Gasteiger partial charge on any atom is -0.338 e. The molecular weight excluding hydrogens is 248 g/mol. The van der Waals surface area contributed by atoms with Gasteiger partial charge in [-0.15, -0.1) is 0 Å². The lowest BCUT2D eigenvalue weighted by atomic mass is 10.1. The second-order valence-electron chi connectivity index (χ2n) is 5.00. The fraction of sp³-hybridized carbons (Fsp3) is 0.125. The van der Waals surface area contributed by atoms with Crippen molar-refractivity contribution in [2.24, 2.45) is 0 Å². The van der Waals surface area contributed by atoms with E-state index in [-0.39, 0.29) is 0 Å². The molecule has 0 radical (unpaired) electrons. The summed E-state index contributed by atoms with van der Waals surface area (Å²) in [5.74, 6) is 1.85. The molecule has 2 heterocycles. The third-order valence-corrected chi connectivity index (χ3v) is 3.68. The molecule has 1 aliphatic rings. The van der Waals surface area contributed by atoms with Gasteiger partial charge < -0.3 is 9.80 Å². The summed E-state index contributed by atoms with van der Waals surface area (Å²) in [5.41, 5.74) is 1.15. The van der Waals surface area contributed by atoms with E-state index in [0.717, 1.165) is 24.0 Å². The van der Waals surface area contributed by atoms with Crippen molar-refractivity contribution in [1.82, 2.24) is 9.97 Å². The van der Waals surface area contributed by atoms with E-state index >= 15 is 0 Å². The molecule has 98 valence electrons. The minimum atomic E-state index is 0.775. The minimum absolute atomic E-state index is 0.775. The third kappa shape index (κ3) is 1.61. The van der Waals surface area contributed by atoms with Crippen LogP contribution in [0.2, 0.25) is 0 Å². The van der Waals surface area contributed by atoms with Crippen molar-refractivity contribution in [2.75, 3.05) is 23.5 Å². The highest BCUT2D eigenvalue weighted by molar-refractivity contribution is 5.88. The highest BCUT2D eigenvalue weighted by Crippen LogP contribution is 2.36. The first-order chi connectivity index (χ1) is 9.83. The molecule has 0 spiro atoms. The van der Waals surface area contributed by atoms with Gasteiger partial charge in [0.2, 0.25) is 0 Å². The van der Waals surface area contributed by atoms with Crippen LogP contribution in [0.25, 0.3) is 10.8 Å². The van der Waals surface area contributed by atoms with Crippen LogP contribution in [-0.4, -0.2) is 23.7 Å². The van der Waals surface area contributed by atoms with Crippen LogP contribution >= 0.6 is 0 Å². The van der Waals surface area contributed by atoms with Gasteiger partial charge in [0.25, 0.3) is 0 Å². The highest BCUT2D eigenvalue weighted by atomic mass is 15.4. The van der Waals surface area contributed by atoms with Crippen molar-refractivity contribution in [2.45, 2.75) is 0 Å². The number of nitrogens with zero attached hydrogens (tertiary/aromatic N) is 4. The fourth-order valence-corrected chi connectivity index (χ4v) is 2.68. The summed E-state index contributed by atoms with van der Waals surface area (Å²) in [6.45, 7) is 0.775. The Balaban J connectivity index is 1.84. The average molecular weight is 262 g/mol. The zero-order valence-corrected chi connectivity index (χ0v) is 11.2. The van der Waals surface area contributed by atoms with Gasteiger partial charge in [-0.05, 0) is 22.9 Å². The Hall–Kier alpha value is -2.62. The largest absolute Gasteiger partial charge is 0.338 e. The molecule has 20 heavy (non-hydrogen) atoms. The van der Waals surface area contributed by atoms with Crippen LogP contribution < -0.4 is 9.80 Å². The van der Waals surface area contributed by atoms with Crippen LogP contribution in [-0.2, 0) is 0 Å². The topological polar surface area (TPSA) is 32.3 Å². The Kier molecular flexibility index (Phi) is 2.36. The van der Waals surface area contributed by atoms with E-state index in [9.17, 15) is 0 Å². The van der Waals surface area contributed by atoms with Crippen LogP contribution in [0.1, 0.15) is 0 Å². The fourth-order valence-electron chi connectivity index (χ4n) is 2.68. The van der Waals surface area contributed by atoms with E-state index in [4.69, 9.17) is 0 Å². The lowest BCUT2D eigenvalue weighted by Crippen LogP contribution is -2.24. The molecule has 0 amide bonds. The quantitative estimate of drug-likeness (QED) is 0.674. The number of benzene rings is 2. The molecule has 1 aliphatic heterocycles. The zero-order valence-electron chi connectivity index (χ0n) is 11.2. The number of anilines is 3. The molecule has 4 rings (SSSR count). The standard InChI is InChI=1S/C16H14N4/c1-19-11-20(16-15(19)17-8-9-18-16)14-7-6-12-4-2-3-5-13(12)10-14/h2-10H,11H2,1H3. The number of hydrogen-bond acceptors (Lipinski definition) is 4. The zero-order chi connectivity index (χ0) is 13.5. The number of rotatable bonds is 1. The number of hydrogen-bond donors (Lipinski definition) is 0. The molecule has 0 atom stereocenters. The molecule has 0 unspecified atom stereocenters. The van der Waals surface area contributed by atoms with Crippen LogP contribution in [0.15, 0.2) is 54.9 Å². The summed E-state index contributed by atoms with van der Waals surface area (Å²) in [4.78, 5) is 13.2. The first-order valence-electron chi connectivity index (χ1n) is 6.61. The number of fused-ring (bicyclic) bond motifs is 2. The van der Waals surface area contributed by atoms with Gasteiger partial charge in [0, 0.05) is 25.1 Å². The molecule has 0 aliphatic carbocycles. The Bertz CT molecular complexity index is 784. The van der Waals surface area contributed by atoms with E-state index in [1.165, 1.54) is 10.8 Å². The molecule has 0 saturated carbocycles. The summed E-state index contributed by atoms with van der Waals surface area (Å²) in [7, 11) is 2.04. The second kappa shape index (κ2) is 4.20. The smallest absolute Gasteiger partial charge is 0.178 e. The van der Waals surface area contributed by atoms with Gasteiger partial charge in [0.1, 0.15) is 0 Å². The molecule has 0 bridgehead atoms. The maximum absolute atomic E-state index is 4.47. The molecular formula is C16H14N4. The Morgan fingerprint density at radius 3 is 2.50 bits per heavy atom. The third-order valence-electron chi connectivity index (χ3n) is 3.68. The van der Waals surface area contributed by atoms with Gasteiger partial charge >= 0.3 is 0 Å². The highest BCUT2D eigenvalue weighted by Gasteiger charge is 2.26. The Morgan fingerprint density at radius 2 is 1.65 bits per heavy atom. The summed E-state index contributed by atoms with van der Waals surface area (Å²) in [6.07, 6.45) is 3.48. The van der Waals surface area contributed by atoms with E-state index in [1.807, 2.05) is 7.05 Å². The van der Waals surface area contributed by atoms with Crippen molar-refractivity contribution < 1.29 is 0 Å². The monoisotopic (exact) mass is 262 g/mol. The molecule has 3 aromatic rings. The van der Waals surface area contributed by atoms with Gasteiger partial charge in [0.15, 0.2) is 11.6 Å². The van der Waals surface area contributed by atoms with Gasteiger partial charge in [-0.1, -0.05) is 30.3 Å². The van der Waals surface area contributed by atoms with Crippen molar-refractivity contribution >= 4 is 28.1 Å². The molecule has 0 fully saturated rings. The normalized spacial score (nSPS) is 13.8. The van der Waals surface area contributed by atoms with Crippen LogP contribution in [0.5, 0.6) is 0 Å². The van der Waals surface area contributed by atoms with Crippen LogP contribution in [0.3, 0.4) is 0 Å². The average Bonchev–Trinajstić information content (AvgIpc) is 2.85. The Morgan fingerprint density at radius 1 is 0.900 bits per heavy atom. The molecule has 1 aromatic heterocycles. The SMILES string of the molecule is CN1CN(c2ccc3ccccc3c2)c2nccnc21. The molecule has 2 aromatic carbocycles. The van der Waals surface area contributed by atoms with Crippen molar-refractivity contribution in [1.29, 1.82) is 0 Å². The van der Waals surface area contributed by atoms with E-state index < -0.39 is 0 Å². The van der Waals surface area contributed by atoms with Crippen molar-refractivity contribution in [3.63, 3.8) is 0 Å². The summed E-state index contributed by atoms with van der Waals surface area (Å²) >= 11 is 0. The Labute approximate surface area is 117 Å². The second-order valence-corrected chi connectivity index (χ2v) is 5.00. The lowest BCUT2D eigenvalue weighted by molar-refractivity contribution is 0.936. The molecule has 0 saturated heterocycles. The molecule has 4 nitrogen and oxygen atoms in total. The maximum atomic E-state index is 4.47. The van der Waals surface area contributed by atoms with Gasteiger partial charge in [-0.3, -0.25) is 0 Å². The van der Waals surface area contributed by atoms with E-state index in [0.29, 0.717) is 0 Å². The maximum Gasteiger partial charge on any atom is 0.178 e. The van der Waals surface area contributed by atoms with Crippen molar-refractivity contribution in [3.05, 3.63) is 54.9 Å². The first kappa shape index (κ1) is 11.2. The first-order valence-corrected chi connectivity index (χ1v) is 6.61. The summed E-state index contributed by atoms with van der Waals surface area (Å²) in [6, 6.07) is 14.9. The van der Waals surface area contributed by atoms with Crippen LogP contribution in [0, 0.1) is 0 Å². The summed E-state index contributed by atoms with van der Waals surface area (Å²) < 4.78 is 0. The van der Waals surface area contributed by atoms with E-state index in [1.54, 1.807) is 12.4 Å². The molecule has 4 heteroatoms. The number of aromatic nitrogens is 2. The van der Waals surface area contributed by atoms with Crippen LogP contribution in [0.4, 0.5) is 17.3 Å². The predicted molar refractivity (Wildman–Crippen MR) is 81.4 cm³/mol. The molecule has 0 N–H and O–H groups in total. The summed E-state index contributed by atoms with van der Waals surface area (Å²) in [5, 5.41) is 2.49. The van der Waals surface area contributed by atoms with Crippen molar-refractivity contribution in [3.8, 4) is 0 Å². The van der Waals surface area contributed by atoms with E-state index in [2.05, 4.69) is 62.2 Å². The van der Waals surface area contributed by atoms with Gasteiger partial charge in [0.05, 0.1) is 6.67 Å².